The SMILES string of the molecule is Cc1ccc(C(C(=O)O)N(C(=O)OCc2ccccc2)c2ccc(F)cc2)cc1. The van der Waals surface area contributed by atoms with Gasteiger partial charge in [-0.25, -0.2) is 14.0 Å². The molecule has 0 spiro atoms. The van der Waals surface area contributed by atoms with Crippen molar-refractivity contribution in [1.29, 1.82) is 0 Å². The van der Waals surface area contributed by atoms with Gasteiger partial charge in [0.05, 0.1) is 0 Å². The summed E-state index contributed by atoms with van der Waals surface area (Å²) in [6.07, 6.45) is -0.839. The van der Waals surface area contributed by atoms with Crippen LogP contribution in [-0.4, -0.2) is 17.2 Å². The standard InChI is InChI=1S/C23H20FNO4/c1-16-7-9-18(10-8-16)21(22(26)27)25(20-13-11-19(24)12-14-20)23(28)29-15-17-5-3-2-4-6-17/h2-14,21H,15H2,1H3,(H,26,27). The molecule has 0 fully saturated rings. The van der Waals surface area contributed by atoms with Crippen LogP contribution in [0, 0.1) is 12.7 Å². The molecular weight excluding hydrogens is 373 g/mol. The Labute approximate surface area is 168 Å². The molecule has 0 bridgehead atoms. The molecule has 0 saturated carbocycles. The first-order valence-electron chi connectivity index (χ1n) is 9.00. The molecular formula is C23H20FNO4. The fraction of sp³-hybridized carbons (Fsp3) is 0.130. The molecule has 1 atom stereocenters. The van der Waals surface area contributed by atoms with Gasteiger partial charge in [0.2, 0.25) is 0 Å². The number of benzene rings is 3. The van der Waals surface area contributed by atoms with E-state index >= 15 is 0 Å². The van der Waals surface area contributed by atoms with Crippen LogP contribution in [0.15, 0.2) is 78.9 Å². The first kappa shape index (κ1) is 20.1. The quantitative estimate of drug-likeness (QED) is 0.632. The molecule has 0 aliphatic rings. The largest absolute Gasteiger partial charge is 0.479 e. The van der Waals surface area contributed by atoms with Gasteiger partial charge in [0.15, 0.2) is 6.04 Å². The monoisotopic (exact) mass is 393 g/mol. The second kappa shape index (κ2) is 9.01. The zero-order valence-electron chi connectivity index (χ0n) is 15.8. The number of ether oxygens (including phenoxy) is 1. The van der Waals surface area contributed by atoms with Crippen molar-refractivity contribution >= 4 is 17.7 Å². The van der Waals surface area contributed by atoms with Gasteiger partial charge in [0.1, 0.15) is 12.4 Å². The number of carbonyl (C=O) groups excluding carboxylic acids is 1. The summed E-state index contributed by atoms with van der Waals surface area (Å²) in [6, 6.07) is 19.6. The van der Waals surface area contributed by atoms with Gasteiger partial charge < -0.3 is 9.84 Å². The number of aryl methyl sites for hydroxylation is 1. The number of anilines is 1. The van der Waals surface area contributed by atoms with Crippen molar-refractivity contribution in [2.75, 3.05) is 4.90 Å². The number of halogens is 1. The van der Waals surface area contributed by atoms with E-state index in [1.54, 1.807) is 36.4 Å². The molecule has 0 radical (unpaired) electrons. The molecule has 5 nitrogen and oxygen atoms in total. The van der Waals surface area contributed by atoms with E-state index in [-0.39, 0.29) is 12.3 Å². The molecule has 1 N–H and O–H groups in total. The Balaban J connectivity index is 1.96. The van der Waals surface area contributed by atoms with Crippen LogP contribution in [0.3, 0.4) is 0 Å². The Morgan fingerprint density at radius 1 is 0.966 bits per heavy atom. The highest BCUT2D eigenvalue weighted by Crippen LogP contribution is 2.29. The Morgan fingerprint density at radius 3 is 2.17 bits per heavy atom. The van der Waals surface area contributed by atoms with E-state index in [2.05, 4.69) is 0 Å². The zero-order chi connectivity index (χ0) is 20.8. The highest BCUT2D eigenvalue weighted by molar-refractivity contribution is 5.95. The van der Waals surface area contributed by atoms with E-state index in [1.165, 1.54) is 24.3 Å². The van der Waals surface area contributed by atoms with E-state index in [9.17, 15) is 19.1 Å². The molecule has 0 aliphatic carbocycles. The number of hydrogen-bond acceptors (Lipinski definition) is 3. The number of aliphatic carboxylic acids is 1. The van der Waals surface area contributed by atoms with Crippen LogP contribution < -0.4 is 4.90 Å². The van der Waals surface area contributed by atoms with Crippen molar-refractivity contribution in [1.82, 2.24) is 0 Å². The average molecular weight is 393 g/mol. The highest BCUT2D eigenvalue weighted by atomic mass is 19.1. The number of carboxylic acid groups (broad SMARTS) is 1. The van der Waals surface area contributed by atoms with Crippen LogP contribution in [0.4, 0.5) is 14.9 Å². The number of hydrogen-bond donors (Lipinski definition) is 1. The van der Waals surface area contributed by atoms with Gasteiger partial charge in [-0.05, 0) is 42.3 Å². The van der Waals surface area contributed by atoms with Gasteiger partial charge in [0, 0.05) is 5.69 Å². The number of carbonyl (C=O) groups is 2. The normalized spacial score (nSPS) is 11.5. The molecule has 1 amide bonds. The molecule has 3 aromatic carbocycles. The first-order valence-corrected chi connectivity index (χ1v) is 9.00. The van der Waals surface area contributed by atoms with Gasteiger partial charge in [-0.3, -0.25) is 4.90 Å². The molecule has 6 heteroatoms. The van der Waals surface area contributed by atoms with Crippen LogP contribution in [-0.2, 0) is 16.1 Å². The van der Waals surface area contributed by atoms with Crippen molar-refractivity contribution in [3.63, 3.8) is 0 Å². The van der Waals surface area contributed by atoms with Gasteiger partial charge in [0.25, 0.3) is 0 Å². The summed E-state index contributed by atoms with van der Waals surface area (Å²) in [4.78, 5) is 26.1. The van der Waals surface area contributed by atoms with E-state index in [0.717, 1.165) is 16.0 Å². The van der Waals surface area contributed by atoms with Crippen LogP contribution in [0.5, 0.6) is 0 Å². The molecule has 1 unspecified atom stereocenters. The fourth-order valence-electron chi connectivity index (χ4n) is 2.90. The van der Waals surface area contributed by atoms with E-state index in [4.69, 9.17) is 4.74 Å². The van der Waals surface area contributed by atoms with Crippen molar-refractivity contribution in [2.45, 2.75) is 19.6 Å². The maximum atomic E-state index is 13.4. The molecule has 148 valence electrons. The summed E-state index contributed by atoms with van der Waals surface area (Å²) in [5, 5.41) is 9.89. The minimum Gasteiger partial charge on any atom is -0.479 e. The lowest BCUT2D eigenvalue weighted by molar-refractivity contribution is -0.138. The maximum Gasteiger partial charge on any atom is 0.415 e. The third-order valence-corrected chi connectivity index (χ3v) is 4.39. The molecule has 3 rings (SSSR count). The van der Waals surface area contributed by atoms with Crippen molar-refractivity contribution in [3.05, 3.63) is 101 Å². The molecule has 0 aliphatic heterocycles. The fourth-order valence-corrected chi connectivity index (χ4v) is 2.90. The lowest BCUT2D eigenvalue weighted by Crippen LogP contribution is -2.39. The smallest absolute Gasteiger partial charge is 0.415 e. The average Bonchev–Trinajstić information content (AvgIpc) is 2.72. The summed E-state index contributed by atoms with van der Waals surface area (Å²) in [5.74, 6) is -1.72. The Kier molecular flexibility index (Phi) is 6.24. The second-order valence-corrected chi connectivity index (χ2v) is 6.54. The molecule has 29 heavy (non-hydrogen) atoms. The number of nitrogens with zero attached hydrogens (tertiary/aromatic N) is 1. The van der Waals surface area contributed by atoms with Crippen LogP contribution in [0.1, 0.15) is 22.7 Å². The summed E-state index contributed by atoms with van der Waals surface area (Å²) in [6.45, 7) is 1.86. The van der Waals surface area contributed by atoms with Crippen molar-refractivity contribution in [3.8, 4) is 0 Å². The van der Waals surface area contributed by atoms with Gasteiger partial charge in [-0.15, -0.1) is 0 Å². The van der Waals surface area contributed by atoms with Crippen molar-refractivity contribution < 1.29 is 23.8 Å². The van der Waals surface area contributed by atoms with Crippen molar-refractivity contribution in [2.24, 2.45) is 0 Å². The lowest BCUT2D eigenvalue weighted by Gasteiger charge is -2.28. The first-order chi connectivity index (χ1) is 14.0. The van der Waals surface area contributed by atoms with Gasteiger partial charge >= 0.3 is 12.1 Å². The maximum absolute atomic E-state index is 13.4. The number of amides is 1. The summed E-state index contributed by atoms with van der Waals surface area (Å²) >= 11 is 0. The highest BCUT2D eigenvalue weighted by Gasteiger charge is 2.34. The summed E-state index contributed by atoms with van der Waals surface area (Å²) in [5.41, 5.74) is 2.35. The van der Waals surface area contributed by atoms with Crippen LogP contribution in [0.25, 0.3) is 0 Å². The molecule has 0 aromatic heterocycles. The molecule has 3 aromatic rings. The predicted molar refractivity (Wildman–Crippen MR) is 107 cm³/mol. The number of rotatable bonds is 6. The molecule has 0 heterocycles. The van der Waals surface area contributed by atoms with Crippen LogP contribution in [0.2, 0.25) is 0 Å². The summed E-state index contributed by atoms with van der Waals surface area (Å²) in [7, 11) is 0. The predicted octanol–water partition coefficient (Wildman–Crippen LogP) is 5.10. The van der Waals surface area contributed by atoms with E-state index < -0.39 is 23.9 Å². The molecule has 0 saturated heterocycles. The third kappa shape index (κ3) is 4.99. The zero-order valence-corrected chi connectivity index (χ0v) is 15.8. The van der Waals surface area contributed by atoms with E-state index in [0.29, 0.717) is 5.56 Å². The Hall–Kier alpha value is -3.67. The lowest BCUT2D eigenvalue weighted by atomic mass is 10.0. The van der Waals surface area contributed by atoms with E-state index in [1.807, 2.05) is 25.1 Å². The Bertz CT molecular complexity index is 972. The minimum atomic E-state index is -1.33. The van der Waals surface area contributed by atoms with Crippen LogP contribution >= 0.6 is 0 Å². The minimum absolute atomic E-state index is 0.0163. The third-order valence-electron chi connectivity index (χ3n) is 4.39. The summed E-state index contributed by atoms with van der Waals surface area (Å²) < 4.78 is 18.8. The second-order valence-electron chi connectivity index (χ2n) is 6.54. The topological polar surface area (TPSA) is 66.8 Å². The number of carboxylic acids is 1. The van der Waals surface area contributed by atoms with Gasteiger partial charge in [-0.2, -0.15) is 0 Å². The Morgan fingerprint density at radius 2 is 1.59 bits per heavy atom. The van der Waals surface area contributed by atoms with Gasteiger partial charge in [-0.1, -0.05) is 60.2 Å².